The summed E-state index contributed by atoms with van der Waals surface area (Å²) in [4.78, 5) is 29.8. The van der Waals surface area contributed by atoms with Crippen LogP contribution in [0.25, 0.3) is 0 Å². The van der Waals surface area contributed by atoms with Gasteiger partial charge < -0.3 is 30.6 Å². The molecule has 0 fully saturated rings. The number of hydrogen-bond donors (Lipinski definition) is 6. The van der Waals surface area contributed by atoms with E-state index in [0.29, 0.717) is 22.5 Å². The molecule has 4 aromatic carbocycles. The smallest absolute Gasteiger partial charge is 0.339 e. The fraction of sp³-hybridized carbons (Fsp3) is 0. The Morgan fingerprint density at radius 1 is 0.538 bits per heavy atom. The molecule has 0 bridgehead atoms. The molecular weight excluding hydrogens is 558 g/mol. The number of hydrogen-bond acceptors (Lipinski definition) is 8. The molecule has 0 aliphatic heterocycles. The standard InChI is InChI=1S/2C14H11NO4.Zn/c2*16-12-4-2-1-3-9(12)8-15-10-5-6-13(17)11(7-10)14(18)19;/h2*1-8,16-17H,(H,18,19);. The maximum atomic E-state index is 10.9. The number of rotatable bonds is 6. The number of aromatic carboxylic acids is 2. The van der Waals surface area contributed by atoms with Gasteiger partial charge in [-0.25, -0.2) is 9.59 Å². The van der Waals surface area contributed by atoms with Crippen LogP contribution in [0.4, 0.5) is 11.4 Å². The van der Waals surface area contributed by atoms with Crippen LogP contribution in [0.15, 0.2) is 94.9 Å². The molecule has 0 heterocycles. The van der Waals surface area contributed by atoms with Crippen LogP contribution in [0.2, 0.25) is 0 Å². The molecule has 194 valence electrons. The van der Waals surface area contributed by atoms with Crippen LogP contribution in [0.1, 0.15) is 31.8 Å². The Morgan fingerprint density at radius 2 is 0.897 bits per heavy atom. The SMILES string of the molecule is O=C(O)c1cc(N=Cc2ccccc2O)ccc1O.O=C(O)c1cc(N=Cc2ccccc2O)ccc1O.[Zn]. The summed E-state index contributed by atoms with van der Waals surface area (Å²) in [7, 11) is 0. The molecule has 39 heavy (non-hydrogen) atoms. The number of carbonyl (C=O) groups is 2. The third-order valence-corrected chi connectivity index (χ3v) is 5.00. The summed E-state index contributed by atoms with van der Waals surface area (Å²) >= 11 is 0. The van der Waals surface area contributed by atoms with Gasteiger partial charge in [0.1, 0.15) is 34.1 Å². The summed E-state index contributed by atoms with van der Waals surface area (Å²) in [5.74, 6) is -2.90. The molecule has 0 aliphatic carbocycles. The number of nitrogens with zero attached hydrogens (tertiary/aromatic N) is 2. The normalized spacial score (nSPS) is 10.5. The maximum absolute atomic E-state index is 10.9. The summed E-state index contributed by atoms with van der Waals surface area (Å²) in [6.07, 6.45) is 2.85. The average molecular weight is 580 g/mol. The molecule has 0 atom stereocenters. The predicted molar refractivity (Wildman–Crippen MR) is 141 cm³/mol. The van der Waals surface area contributed by atoms with Crippen LogP contribution in [0.5, 0.6) is 23.0 Å². The van der Waals surface area contributed by atoms with Crippen molar-refractivity contribution in [3.8, 4) is 23.0 Å². The molecule has 6 N–H and O–H groups in total. The van der Waals surface area contributed by atoms with Crippen LogP contribution in [0.3, 0.4) is 0 Å². The first-order chi connectivity index (χ1) is 18.2. The van der Waals surface area contributed by atoms with E-state index >= 15 is 0 Å². The second kappa shape index (κ2) is 14.1. The number of phenolic OH excluding ortho intramolecular Hbond substituents is 2. The first-order valence-electron chi connectivity index (χ1n) is 10.9. The van der Waals surface area contributed by atoms with Crippen LogP contribution in [-0.2, 0) is 19.5 Å². The molecule has 4 rings (SSSR count). The van der Waals surface area contributed by atoms with Gasteiger partial charge in [0.25, 0.3) is 0 Å². The minimum atomic E-state index is -1.22. The van der Waals surface area contributed by atoms with Crippen molar-refractivity contribution in [2.24, 2.45) is 9.98 Å². The Hall–Kier alpha value is -5.02. The molecule has 0 aliphatic rings. The van der Waals surface area contributed by atoms with E-state index in [-0.39, 0.29) is 53.6 Å². The van der Waals surface area contributed by atoms with Crippen molar-refractivity contribution in [2.75, 3.05) is 0 Å². The van der Waals surface area contributed by atoms with Crippen molar-refractivity contribution in [2.45, 2.75) is 0 Å². The van der Waals surface area contributed by atoms with E-state index in [2.05, 4.69) is 9.98 Å². The van der Waals surface area contributed by atoms with Crippen molar-refractivity contribution >= 4 is 35.7 Å². The van der Waals surface area contributed by atoms with E-state index < -0.39 is 11.9 Å². The van der Waals surface area contributed by atoms with E-state index in [0.717, 1.165) is 0 Å². The van der Waals surface area contributed by atoms with E-state index in [1.54, 1.807) is 36.4 Å². The van der Waals surface area contributed by atoms with Crippen molar-refractivity contribution < 1.29 is 59.7 Å². The zero-order valence-electron chi connectivity index (χ0n) is 20.3. The fourth-order valence-electron chi connectivity index (χ4n) is 3.03. The first-order valence-corrected chi connectivity index (χ1v) is 10.9. The zero-order valence-corrected chi connectivity index (χ0v) is 23.3. The maximum Gasteiger partial charge on any atom is 0.339 e. The quantitative estimate of drug-likeness (QED) is 0.135. The second-order valence-corrected chi connectivity index (χ2v) is 7.65. The van der Waals surface area contributed by atoms with Crippen LogP contribution in [0, 0.1) is 0 Å². The van der Waals surface area contributed by atoms with Gasteiger partial charge in [0.15, 0.2) is 0 Å². The molecule has 4 aromatic rings. The minimum absolute atomic E-state index is 0. The van der Waals surface area contributed by atoms with Crippen molar-refractivity contribution in [1.29, 1.82) is 0 Å². The predicted octanol–water partition coefficient (Wildman–Crippen LogP) is 5.09. The van der Waals surface area contributed by atoms with Crippen molar-refractivity contribution in [1.82, 2.24) is 0 Å². The van der Waals surface area contributed by atoms with Gasteiger partial charge in [0, 0.05) is 43.0 Å². The van der Waals surface area contributed by atoms with Gasteiger partial charge in [-0.2, -0.15) is 0 Å². The van der Waals surface area contributed by atoms with E-state index in [4.69, 9.17) is 10.2 Å². The van der Waals surface area contributed by atoms with E-state index in [1.165, 1.54) is 61.0 Å². The molecule has 0 saturated carbocycles. The van der Waals surface area contributed by atoms with E-state index in [9.17, 15) is 30.0 Å². The Labute approximate surface area is 235 Å². The van der Waals surface area contributed by atoms with Crippen LogP contribution >= 0.6 is 0 Å². The Kier molecular flexibility index (Phi) is 10.9. The molecular formula is C28H22N2O8Zn. The second-order valence-electron chi connectivity index (χ2n) is 7.65. The third kappa shape index (κ3) is 8.51. The number of para-hydroxylation sites is 2. The summed E-state index contributed by atoms with van der Waals surface area (Å²) in [5, 5.41) is 55.6. The Bertz CT molecular complexity index is 1420. The summed E-state index contributed by atoms with van der Waals surface area (Å²) in [6, 6.07) is 21.3. The zero-order chi connectivity index (χ0) is 27.7. The topological polar surface area (TPSA) is 180 Å². The minimum Gasteiger partial charge on any atom is -0.507 e. The summed E-state index contributed by atoms with van der Waals surface area (Å²) < 4.78 is 0. The van der Waals surface area contributed by atoms with Gasteiger partial charge in [-0.3, -0.25) is 9.98 Å². The number of aromatic hydroxyl groups is 4. The van der Waals surface area contributed by atoms with Gasteiger partial charge in [-0.1, -0.05) is 24.3 Å². The molecule has 0 unspecified atom stereocenters. The number of carboxylic acids is 2. The van der Waals surface area contributed by atoms with E-state index in [1.807, 2.05) is 0 Å². The Balaban J connectivity index is 0.000000267. The van der Waals surface area contributed by atoms with Crippen LogP contribution in [-0.4, -0.2) is 55.0 Å². The fourth-order valence-corrected chi connectivity index (χ4v) is 3.03. The van der Waals surface area contributed by atoms with Crippen molar-refractivity contribution in [3.05, 3.63) is 107 Å². The number of carboxylic acid groups (broad SMARTS) is 2. The monoisotopic (exact) mass is 578 g/mol. The van der Waals surface area contributed by atoms with Crippen molar-refractivity contribution in [3.63, 3.8) is 0 Å². The third-order valence-electron chi connectivity index (χ3n) is 5.00. The number of aliphatic imine (C=N–C) groups is 2. The molecule has 0 radical (unpaired) electrons. The molecule has 11 heteroatoms. The number of phenols is 4. The molecule has 0 spiro atoms. The number of benzene rings is 4. The molecule has 0 saturated heterocycles. The molecule has 0 aromatic heterocycles. The van der Waals surface area contributed by atoms with Gasteiger partial charge in [-0.15, -0.1) is 0 Å². The van der Waals surface area contributed by atoms with Gasteiger partial charge >= 0.3 is 11.9 Å². The van der Waals surface area contributed by atoms with Gasteiger partial charge in [0.05, 0.1) is 11.4 Å². The molecule has 0 amide bonds. The average Bonchev–Trinajstić information content (AvgIpc) is 2.89. The Morgan fingerprint density at radius 3 is 1.23 bits per heavy atom. The molecule has 10 nitrogen and oxygen atoms in total. The summed E-state index contributed by atoms with van der Waals surface area (Å²) in [5.41, 5.74) is 1.36. The van der Waals surface area contributed by atoms with Crippen LogP contribution < -0.4 is 0 Å². The summed E-state index contributed by atoms with van der Waals surface area (Å²) in [6.45, 7) is 0. The largest absolute Gasteiger partial charge is 0.507 e. The van der Waals surface area contributed by atoms with Gasteiger partial charge in [-0.05, 0) is 60.7 Å². The first kappa shape index (κ1) is 30.2. The van der Waals surface area contributed by atoms with Gasteiger partial charge in [0.2, 0.25) is 0 Å².